The van der Waals surface area contributed by atoms with E-state index in [1.807, 2.05) is 0 Å². The molecule has 0 atom stereocenters. The molecule has 3 nitrogen and oxygen atoms in total. The third-order valence-corrected chi connectivity index (χ3v) is 1.97. The predicted octanol–water partition coefficient (Wildman–Crippen LogP) is 3.62. The van der Waals surface area contributed by atoms with Crippen molar-refractivity contribution in [3.05, 3.63) is 29.3 Å². The Morgan fingerprint density at radius 2 is 1.88 bits per heavy atom. The van der Waals surface area contributed by atoms with Crippen LogP contribution in [-0.4, -0.2) is 11.7 Å². The van der Waals surface area contributed by atoms with Gasteiger partial charge in [0.15, 0.2) is 11.6 Å². The maximum absolute atomic E-state index is 13.2. The molecule has 1 N–H and O–H groups in total. The number of halogens is 2. The fourth-order valence-corrected chi connectivity index (χ4v) is 1.20. The van der Waals surface area contributed by atoms with E-state index in [0.717, 1.165) is 6.07 Å². The van der Waals surface area contributed by atoms with Crippen molar-refractivity contribution in [1.82, 2.24) is 0 Å². The highest BCUT2D eigenvalue weighted by Gasteiger charge is 2.18. The van der Waals surface area contributed by atoms with Crippen LogP contribution in [0, 0.1) is 18.6 Å². The van der Waals surface area contributed by atoms with E-state index in [4.69, 9.17) is 4.74 Å². The Kier molecular flexibility index (Phi) is 3.70. The van der Waals surface area contributed by atoms with E-state index in [1.165, 1.54) is 13.0 Å². The highest BCUT2D eigenvalue weighted by atomic mass is 19.2. The molecule has 0 bridgehead atoms. The number of nitrogens with one attached hydrogen (secondary N) is 1. The first-order chi connectivity index (χ1) is 7.70. The monoisotopic (exact) mass is 243 g/mol. The Hall–Kier alpha value is -1.65. The number of carbonyl (C=O) groups excluding carboxylic acids is 1. The number of carbonyl (C=O) groups is 1. The van der Waals surface area contributed by atoms with Gasteiger partial charge in [-0.2, -0.15) is 0 Å². The van der Waals surface area contributed by atoms with Gasteiger partial charge >= 0.3 is 6.09 Å². The highest BCUT2D eigenvalue weighted by molar-refractivity contribution is 5.85. The average molecular weight is 243 g/mol. The lowest BCUT2D eigenvalue weighted by Gasteiger charge is -2.20. The molecule has 0 spiro atoms. The summed E-state index contributed by atoms with van der Waals surface area (Å²) in [5, 5.41) is 2.37. The van der Waals surface area contributed by atoms with Gasteiger partial charge in [0.25, 0.3) is 0 Å². The molecule has 0 aliphatic heterocycles. The Bertz CT molecular complexity index is 439. The van der Waals surface area contributed by atoms with Crippen LogP contribution in [0.1, 0.15) is 26.3 Å². The third-order valence-electron chi connectivity index (χ3n) is 1.97. The zero-order chi connectivity index (χ0) is 13.2. The minimum Gasteiger partial charge on any atom is -0.444 e. The van der Waals surface area contributed by atoms with Crippen molar-refractivity contribution in [1.29, 1.82) is 0 Å². The van der Waals surface area contributed by atoms with E-state index in [1.54, 1.807) is 20.8 Å². The maximum Gasteiger partial charge on any atom is 0.412 e. The van der Waals surface area contributed by atoms with Crippen LogP contribution < -0.4 is 5.32 Å². The summed E-state index contributed by atoms with van der Waals surface area (Å²) >= 11 is 0. The molecule has 0 saturated heterocycles. The van der Waals surface area contributed by atoms with Crippen LogP contribution in [-0.2, 0) is 4.74 Å². The summed E-state index contributed by atoms with van der Waals surface area (Å²) < 4.78 is 31.1. The van der Waals surface area contributed by atoms with E-state index >= 15 is 0 Å². The van der Waals surface area contributed by atoms with Gasteiger partial charge in [0, 0.05) is 5.56 Å². The summed E-state index contributed by atoms with van der Waals surface area (Å²) in [5.74, 6) is -1.92. The van der Waals surface area contributed by atoms with Gasteiger partial charge < -0.3 is 4.74 Å². The standard InChI is InChI=1S/C12H15F2NO2/c1-7-9(6-5-8(13)10(7)14)15-11(16)17-12(2,3)4/h5-6H,1-4H3,(H,15,16). The van der Waals surface area contributed by atoms with E-state index in [2.05, 4.69) is 5.32 Å². The van der Waals surface area contributed by atoms with Crippen molar-refractivity contribution in [3.63, 3.8) is 0 Å². The predicted molar refractivity (Wildman–Crippen MR) is 61.0 cm³/mol. The average Bonchev–Trinajstić information content (AvgIpc) is 2.16. The van der Waals surface area contributed by atoms with E-state index < -0.39 is 23.3 Å². The van der Waals surface area contributed by atoms with Crippen molar-refractivity contribution in [2.75, 3.05) is 5.32 Å². The van der Waals surface area contributed by atoms with Crippen LogP contribution in [0.4, 0.5) is 19.3 Å². The molecule has 1 aromatic rings. The van der Waals surface area contributed by atoms with Crippen molar-refractivity contribution in [2.45, 2.75) is 33.3 Å². The van der Waals surface area contributed by atoms with Crippen molar-refractivity contribution in [3.8, 4) is 0 Å². The molecule has 0 unspecified atom stereocenters. The SMILES string of the molecule is Cc1c(NC(=O)OC(C)(C)C)ccc(F)c1F. The summed E-state index contributed by atoms with van der Waals surface area (Å²) in [5.41, 5.74) is -0.412. The summed E-state index contributed by atoms with van der Waals surface area (Å²) in [7, 11) is 0. The molecule has 0 aliphatic rings. The number of ether oxygens (including phenoxy) is 1. The lowest BCUT2D eigenvalue weighted by atomic mass is 10.2. The lowest BCUT2D eigenvalue weighted by Crippen LogP contribution is -2.27. The fourth-order valence-electron chi connectivity index (χ4n) is 1.20. The summed E-state index contributed by atoms with van der Waals surface area (Å²) in [4.78, 5) is 11.4. The smallest absolute Gasteiger partial charge is 0.412 e. The first-order valence-corrected chi connectivity index (χ1v) is 5.15. The van der Waals surface area contributed by atoms with E-state index in [9.17, 15) is 13.6 Å². The van der Waals surface area contributed by atoms with Gasteiger partial charge in [-0.1, -0.05) is 0 Å². The van der Waals surface area contributed by atoms with E-state index in [-0.39, 0.29) is 11.3 Å². The molecule has 0 radical (unpaired) electrons. The Morgan fingerprint density at radius 3 is 2.41 bits per heavy atom. The van der Waals surface area contributed by atoms with Crippen molar-refractivity contribution < 1.29 is 18.3 Å². The third kappa shape index (κ3) is 3.69. The molecule has 1 aromatic carbocycles. The number of hydrogen-bond donors (Lipinski definition) is 1. The molecule has 0 heterocycles. The zero-order valence-electron chi connectivity index (χ0n) is 10.2. The summed E-state index contributed by atoms with van der Waals surface area (Å²) in [6, 6.07) is 2.24. The number of anilines is 1. The molecular formula is C12H15F2NO2. The molecule has 5 heteroatoms. The lowest BCUT2D eigenvalue weighted by molar-refractivity contribution is 0.0636. The molecular weight excluding hydrogens is 228 g/mol. The van der Waals surface area contributed by atoms with Gasteiger partial charge in [-0.05, 0) is 39.8 Å². The molecule has 0 aliphatic carbocycles. The first-order valence-electron chi connectivity index (χ1n) is 5.15. The molecule has 17 heavy (non-hydrogen) atoms. The molecule has 0 fully saturated rings. The van der Waals surface area contributed by atoms with Crippen LogP contribution in [0.2, 0.25) is 0 Å². The molecule has 1 rings (SSSR count). The van der Waals surface area contributed by atoms with Crippen LogP contribution in [0.5, 0.6) is 0 Å². The number of benzene rings is 1. The largest absolute Gasteiger partial charge is 0.444 e. The second-order valence-corrected chi connectivity index (χ2v) is 4.66. The van der Waals surface area contributed by atoms with Crippen LogP contribution >= 0.6 is 0 Å². The van der Waals surface area contributed by atoms with Gasteiger partial charge in [-0.3, -0.25) is 5.32 Å². The number of rotatable bonds is 1. The van der Waals surface area contributed by atoms with E-state index in [0.29, 0.717) is 0 Å². The normalized spacial score (nSPS) is 11.2. The Morgan fingerprint density at radius 1 is 1.29 bits per heavy atom. The second kappa shape index (κ2) is 4.69. The Balaban J connectivity index is 2.83. The van der Waals surface area contributed by atoms with Crippen molar-refractivity contribution >= 4 is 11.8 Å². The fraction of sp³-hybridized carbons (Fsp3) is 0.417. The number of hydrogen-bond acceptors (Lipinski definition) is 2. The second-order valence-electron chi connectivity index (χ2n) is 4.66. The van der Waals surface area contributed by atoms with Gasteiger partial charge in [0.2, 0.25) is 0 Å². The summed E-state index contributed by atoms with van der Waals surface area (Å²) in [6.07, 6.45) is -0.702. The van der Waals surface area contributed by atoms with Gasteiger partial charge in [0.05, 0.1) is 5.69 Å². The summed E-state index contributed by atoms with van der Waals surface area (Å²) in [6.45, 7) is 6.52. The van der Waals surface area contributed by atoms with Gasteiger partial charge in [-0.25, -0.2) is 13.6 Å². The molecule has 94 valence electrons. The van der Waals surface area contributed by atoms with Gasteiger partial charge in [-0.15, -0.1) is 0 Å². The Labute approximate surface area is 98.8 Å². The molecule has 0 aromatic heterocycles. The topological polar surface area (TPSA) is 38.3 Å². The maximum atomic E-state index is 13.2. The minimum absolute atomic E-state index is 0.0378. The van der Waals surface area contributed by atoms with Crippen LogP contribution in [0.15, 0.2) is 12.1 Å². The molecule has 1 amide bonds. The quantitative estimate of drug-likeness (QED) is 0.818. The molecule has 0 saturated carbocycles. The zero-order valence-corrected chi connectivity index (χ0v) is 10.2. The van der Waals surface area contributed by atoms with Crippen LogP contribution in [0.25, 0.3) is 0 Å². The minimum atomic E-state index is -0.974. The number of amides is 1. The van der Waals surface area contributed by atoms with Crippen LogP contribution in [0.3, 0.4) is 0 Å². The van der Waals surface area contributed by atoms with Crippen molar-refractivity contribution in [2.24, 2.45) is 0 Å². The van der Waals surface area contributed by atoms with Gasteiger partial charge in [0.1, 0.15) is 5.60 Å². The first kappa shape index (κ1) is 13.4. The highest BCUT2D eigenvalue weighted by Crippen LogP contribution is 2.21.